The summed E-state index contributed by atoms with van der Waals surface area (Å²) in [6.07, 6.45) is 1.79. The number of anilines is 2. The third kappa shape index (κ3) is 3.62. The first kappa shape index (κ1) is 16.6. The van der Waals surface area contributed by atoms with Gasteiger partial charge in [0.1, 0.15) is 5.82 Å². The molecule has 2 amide bonds. The summed E-state index contributed by atoms with van der Waals surface area (Å²) in [4.78, 5) is 20.9. The van der Waals surface area contributed by atoms with Gasteiger partial charge in [0.05, 0.1) is 10.7 Å². The Morgan fingerprint density at radius 1 is 1.17 bits per heavy atom. The van der Waals surface area contributed by atoms with E-state index in [4.69, 9.17) is 11.6 Å². The van der Waals surface area contributed by atoms with Crippen LogP contribution in [-0.2, 0) is 0 Å². The first-order valence-electron chi connectivity index (χ1n) is 8.03. The van der Waals surface area contributed by atoms with Crippen LogP contribution < -0.4 is 10.2 Å². The first-order valence-corrected chi connectivity index (χ1v) is 8.41. The number of hydrogen-bond acceptors (Lipinski definition) is 3. The number of aryl methyl sites for hydroxylation is 2. The van der Waals surface area contributed by atoms with Gasteiger partial charge in [0, 0.05) is 32.4 Å². The standard InChI is InChI=1S/C18H21ClN4O/c1-13-11-14(2)17(15(19)12-13)21-18(24)23-9-7-22(8-10-23)16-5-3-4-6-20-16/h3-6,11-12H,7-10H2,1-2H3,(H,21,24). The average molecular weight is 345 g/mol. The maximum absolute atomic E-state index is 12.5. The van der Waals surface area contributed by atoms with Gasteiger partial charge in [0.25, 0.3) is 0 Å². The molecule has 0 radical (unpaired) electrons. The van der Waals surface area contributed by atoms with Crippen LogP contribution in [0, 0.1) is 13.8 Å². The van der Waals surface area contributed by atoms with Crippen molar-refractivity contribution >= 4 is 29.1 Å². The lowest BCUT2D eigenvalue weighted by Crippen LogP contribution is -2.50. The maximum Gasteiger partial charge on any atom is 0.322 e. The van der Waals surface area contributed by atoms with Crippen LogP contribution in [0.1, 0.15) is 11.1 Å². The highest BCUT2D eigenvalue weighted by Gasteiger charge is 2.22. The van der Waals surface area contributed by atoms with Crippen molar-refractivity contribution in [3.8, 4) is 0 Å². The van der Waals surface area contributed by atoms with Gasteiger partial charge in [0.15, 0.2) is 0 Å². The zero-order chi connectivity index (χ0) is 17.1. The molecule has 1 aliphatic rings. The van der Waals surface area contributed by atoms with Crippen LogP contribution in [-0.4, -0.2) is 42.1 Å². The Morgan fingerprint density at radius 2 is 1.92 bits per heavy atom. The summed E-state index contributed by atoms with van der Waals surface area (Å²) in [6.45, 7) is 6.79. The van der Waals surface area contributed by atoms with Crippen molar-refractivity contribution in [2.75, 3.05) is 36.4 Å². The van der Waals surface area contributed by atoms with E-state index in [2.05, 4.69) is 15.2 Å². The SMILES string of the molecule is Cc1cc(C)c(NC(=O)N2CCN(c3ccccn3)CC2)c(Cl)c1. The van der Waals surface area contributed by atoms with Gasteiger partial charge in [-0.25, -0.2) is 9.78 Å². The zero-order valence-corrected chi connectivity index (χ0v) is 14.7. The largest absolute Gasteiger partial charge is 0.353 e. The van der Waals surface area contributed by atoms with Gasteiger partial charge < -0.3 is 15.1 Å². The average Bonchev–Trinajstić information content (AvgIpc) is 2.59. The van der Waals surface area contributed by atoms with E-state index in [-0.39, 0.29) is 6.03 Å². The predicted octanol–water partition coefficient (Wildman–Crippen LogP) is 3.71. The molecular weight excluding hydrogens is 324 g/mol. The molecule has 5 nitrogen and oxygen atoms in total. The van der Waals surface area contributed by atoms with Gasteiger partial charge in [-0.05, 0) is 43.2 Å². The lowest BCUT2D eigenvalue weighted by atomic mass is 10.1. The van der Waals surface area contributed by atoms with Crippen LogP contribution in [0.5, 0.6) is 0 Å². The molecule has 0 spiro atoms. The summed E-state index contributed by atoms with van der Waals surface area (Å²) in [5, 5.41) is 3.53. The Hall–Kier alpha value is -2.27. The van der Waals surface area contributed by atoms with Gasteiger partial charge in [0.2, 0.25) is 0 Å². The lowest BCUT2D eigenvalue weighted by molar-refractivity contribution is 0.208. The van der Waals surface area contributed by atoms with Crippen molar-refractivity contribution in [3.05, 3.63) is 52.7 Å². The quantitative estimate of drug-likeness (QED) is 0.903. The topological polar surface area (TPSA) is 48.5 Å². The number of benzene rings is 1. The molecule has 3 rings (SSSR count). The van der Waals surface area contributed by atoms with Crippen molar-refractivity contribution in [1.82, 2.24) is 9.88 Å². The maximum atomic E-state index is 12.5. The minimum absolute atomic E-state index is 0.107. The molecule has 1 aliphatic heterocycles. The molecule has 126 valence electrons. The van der Waals surface area contributed by atoms with Crippen molar-refractivity contribution in [1.29, 1.82) is 0 Å². The molecule has 0 bridgehead atoms. The minimum Gasteiger partial charge on any atom is -0.353 e. The molecule has 2 aromatic rings. The smallest absolute Gasteiger partial charge is 0.322 e. The normalized spacial score (nSPS) is 14.6. The van der Waals surface area contributed by atoms with Crippen molar-refractivity contribution in [2.45, 2.75) is 13.8 Å². The summed E-state index contributed by atoms with van der Waals surface area (Å²) in [5.74, 6) is 0.954. The molecular formula is C18H21ClN4O. The number of hydrogen-bond donors (Lipinski definition) is 1. The van der Waals surface area contributed by atoms with E-state index >= 15 is 0 Å². The van der Waals surface area contributed by atoms with Gasteiger partial charge in [-0.1, -0.05) is 23.7 Å². The summed E-state index contributed by atoms with van der Waals surface area (Å²) >= 11 is 6.27. The van der Waals surface area contributed by atoms with Gasteiger partial charge in [-0.15, -0.1) is 0 Å². The molecule has 0 atom stereocenters. The molecule has 0 unspecified atom stereocenters. The van der Waals surface area contributed by atoms with Crippen LogP contribution >= 0.6 is 11.6 Å². The molecule has 1 N–H and O–H groups in total. The highest BCUT2D eigenvalue weighted by atomic mass is 35.5. The van der Waals surface area contributed by atoms with Crippen molar-refractivity contribution < 1.29 is 4.79 Å². The molecule has 1 fully saturated rings. The third-order valence-electron chi connectivity index (χ3n) is 4.20. The van der Waals surface area contributed by atoms with Crippen LogP contribution in [0.15, 0.2) is 36.5 Å². The number of urea groups is 1. The van der Waals surface area contributed by atoms with E-state index < -0.39 is 0 Å². The summed E-state index contributed by atoms with van der Waals surface area (Å²) in [6, 6.07) is 9.64. The fourth-order valence-electron chi connectivity index (χ4n) is 2.94. The number of halogens is 1. The molecule has 1 aromatic heterocycles. The summed E-state index contributed by atoms with van der Waals surface area (Å²) in [7, 11) is 0. The van der Waals surface area contributed by atoms with E-state index in [9.17, 15) is 4.79 Å². The van der Waals surface area contributed by atoms with E-state index in [1.165, 1.54) is 0 Å². The second-order valence-corrected chi connectivity index (χ2v) is 6.44. The predicted molar refractivity (Wildman–Crippen MR) is 98.0 cm³/mol. The Kier molecular flexibility index (Phi) is 4.90. The van der Waals surface area contributed by atoms with Gasteiger partial charge >= 0.3 is 6.03 Å². The van der Waals surface area contributed by atoms with E-state index in [0.29, 0.717) is 23.8 Å². The van der Waals surface area contributed by atoms with Crippen LogP contribution in [0.2, 0.25) is 5.02 Å². The van der Waals surface area contributed by atoms with Crippen LogP contribution in [0.3, 0.4) is 0 Å². The van der Waals surface area contributed by atoms with E-state index in [0.717, 1.165) is 30.0 Å². The molecule has 0 aliphatic carbocycles. The number of aromatic nitrogens is 1. The van der Waals surface area contributed by atoms with Gasteiger partial charge in [-0.3, -0.25) is 0 Å². The molecule has 2 heterocycles. The summed E-state index contributed by atoms with van der Waals surface area (Å²) in [5.41, 5.74) is 2.75. The highest BCUT2D eigenvalue weighted by molar-refractivity contribution is 6.34. The number of nitrogens with one attached hydrogen (secondary N) is 1. The third-order valence-corrected chi connectivity index (χ3v) is 4.50. The lowest BCUT2D eigenvalue weighted by Gasteiger charge is -2.35. The number of piperazine rings is 1. The Bertz CT molecular complexity index is 704. The molecule has 6 heteroatoms. The van der Waals surface area contributed by atoms with Gasteiger partial charge in [-0.2, -0.15) is 0 Å². The fraction of sp³-hybridized carbons (Fsp3) is 0.333. The first-order chi connectivity index (χ1) is 11.5. The van der Waals surface area contributed by atoms with E-state index in [1.54, 1.807) is 6.20 Å². The zero-order valence-electron chi connectivity index (χ0n) is 13.9. The van der Waals surface area contributed by atoms with Crippen LogP contribution in [0.25, 0.3) is 0 Å². The molecule has 24 heavy (non-hydrogen) atoms. The minimum atomic E-state index is -0.107. The second-order valence-electron chi connectivity index (χ2n) is 6.03. The molecule has 0 saturated carbocycles. The molecule has 1 saturated heterocycles. The van der Waals surface area contributed by atoms with Crippen molar-refractivity contribution in [3.63, 3.8) is 0 Å². The number of pyridine rings is 1. The number of rotatable bonds is 2. The van der Waals surface area contributed by atoms with E-state index in [1.807, 2.05) is 49.1 Å². The Morgan fingerprint density at radius 3 is 2.54 bits per heavy atom. The monoisotopic (exact) mass is 344 g/mol. The number of nitrogens with zero attached hydrogens (tertiary/aromatic N) is 3. The number of carbonyl (C=O) groups is 1. The number of amides is 2. The highest BCUT2D eigenvalue weighted by Crippen LogP contribution is 2.27. The summed E-state index contributed by atoms with van der Waals surface area (Å²) < 4.78 is 0. The number of carbonyl (C=O) groups excluding carboxylic acids is 1. The Balaban J connectivity index is 1.62. The van der Waals surface area contributed by atoms with Crippen LogP contribution in [0.4, 0.5) is 16.3 Å². The second kappa shape index (κ2) is 7.09. The van der Waals surface area contributed by atoms with Crippen molar-refractivity contribution in [2.24, 2.45) is 0 Å². The Labute approximate surface area is 147 Å². The molecule has 1 aromatic carbocycles. The fourth-order valence-corrected chi connectivity index (χ4v) is 3.31.